The number of rotatable bonds is 5. The summed E-state index contributed by atoms with van der Waals surface area (Å²) >= 11 is 0. The van der Waals surface area contributed by atoms with Gasteiger partial charge in [-0.05, 0) is 41.8 Å². The van der Waals surface area contributed by atoms with E-state index in [9.17, 15) is 0 Å². The predicted octanol–water partition coefficient (Wildman–Crippen LogP) is 3.87. The van der Waals surface area contributed by atoms with Crippen molar-refractivity contribution in [3.8, 4) is 0 Å². The van der Waals surface area contributed by atoms with Crippen LogP contribution < -0.4 is 10.6 Å². The Morgan fingerprint density at radius 2 is 1.68 bits per heavy atom. The van der Waals surface area contributed by atoms with Crippen LogP contribution in [0.25, 0.3) is 0 Å². The van der Waals surface area contributed by atoms with Crippen LogP contribution in [0.1, 0.15) is 24.5 Å². The number of hydrogen-bond donors (Lipinski definition) is 1. The maximum atomic E-state index is 5.69. The third-order valence-corrected chi connectivity index (χ3v) is 3.40. The topological polar surface area (TPSA) is 29.3 Å². The minimum atomic E-state index is 0.580. The largest absolute Gasteiger partial charge is 0.345 e. The highest BCUT2D eigenvalue weighted by Gasteiger charge is 2.04. The molecule has 0 atom stereocenters. The molecule has 0 saturated carbocycles. The van der Waals surface area contributed by atoms with E-state index in [0.717, 1.165) is 12.0 Å². The van der Waals surface area contributed by atoms with Crippen LogP contribution in [0, 0.1) is 0 Å². The van der Waals surface area contributed by atoms with Crippen molar-refractivity contribution in [2.24, 2.45) is 5.73 Å². The van der Waals surface area contributed by atoms with Crippen LogP contribution in [0.15, 0.2) is 48.5 Å². The normalized spacial score (nSPS) is 10.5. The SMILES string of the molecule is CCCc1ccc(N(C)c2cccc(CN)c2)cc1. The van der Waals surface area contributed by atoms with Gasteiger partial charge >= 0.3 is 0 Å². The molecule has 2 nitrogen and oxygen atoms in total. The van der Waals surface area contributed by atoms with Crippen LogP contribution >= 0.6 is 0 Å². The molecule has 0 aliphatic heterocycles. The summed E-state index contributed by atoms with van der Waals surface area (Å²) < 4.78 is 0. The van der Waals surface area contributed by atoms with E-state index in [4.69, 9.17) is 5.73 Å². The van der Waals surface area contributed by atoms with Gasteiger partial charge in [0.25, 0.3) is 0 Å². The molecule has 0 radical (unpaired) electrons. The summed E-state index contributed by atoms with van der Waals surface area (Å²) in [6.45, 7) is 2.79. The molecule has 2 N–H and O–H groups in total. The van der Waals surface area contributed by atoms with E-state index in [0.29, 0.717) is 6.54 Å². The molecule has 0 spiro atoms. The lowest BCUT2D eigenvalue weighted by Gasteiger charge is -2.20. The monoisotopic (exact) mass is 254 g/mol. The molecule has 0 fully saturated rings. The van der Waals surface area contributed by atoms with E-state index >= 15 is 0 Å². The Hall–Kier alpha value is -1.80. The van der Waals surface area contributed by atoms with Crippen molar-refractivity contribution in [2.45, 2.75) is 26.3 Å². The Bertz CT molecular complexity index is 517. The maximum absolute atomic E-state index is 5.69. The fourth-order valence-electron chi connectivity index (χ4n) is 2.22. The molecule has 2 heteroatoms. The first-order valence-electron chi connectivity index (χ1n) is 6.86. The summed E-state index contributed by atoms with van der Waals surface area (Å²) in [6, 6.07) is 17.1. The van der Waals surface area contributed by atoms with Gasteiger partial charge in [0, 0.05) is 25.0 Å². The lowest BCUT2D eigenvalue weighted by Crippen LogP contribution is -2.10. The molecule has 2 aromatic rings. The minimum absolute atomic E-state index is 0.580. The van der Waals surface area contributed by atoms with Gasteiger partial charge in [-0.25, -0.2) is 0 Å². The number of nitrogens with two attached hydrogens (primary N) is 1. The van der Waals surface area contributed by atoms with Crippen molar-refractivity contribution < 1.29 is 0 Å². The highest BCUT2D eigenvalue weighted by molar-refractivity contribution is 5.63. The molecular formula is C17H22N2. The Morgan fingerprint density at radius 1 is 0.947 bits per heavy atom. The predicted molar refractivity (Wildman–Crippen MR) is 82.8 cm³/mol. The van der Waals surface area contributed by atoms with Crippen molar-refractivity contribution in [3.05, 3.63) is 59.7 Å². The van der Waals surface area contributed by atoms with Gasteiger partial charge < -0.3 is 10.6 Å². The highest BCUT2D eigenvalue weighted by Crippen LogP contribution is 2.24. The molecule has 19 heavy (non-hydrogen) atoms. The Morgan fingerprint density at radius 3 is 2.32 bits per heavy atom. The first-order chi connectivity index (χ1) is 9.24. The maximum Gasteiger partial charge on any atom is 0.0411 e. The van der Waals surface area contributed by atoms with Crippen LogP contribution in [0.2, 0.25) is 0 Å². The zero-order chi connectivity index (χ0) is 13.7. The highest BCUT2D eigenvalue weighted by atomic mass is 15.1. The van der Waals surface area contributed by atoms with E-state index in [2.05, 4.69) is 67.4 Å². The van der Waals surface area contributed by atoms with Crippen LogP contribution in [0.5, 0.6) is 0 Å². The Kier molecular flexibility index (Phi) is 4.58. The van der Waals surface area contributed by atoms with Gasteiger partial charge in [0.05, 0.1) is 0 Å². The molecule has 0 aliphatic carbocycles. The van der Waals surface area contributed by atoms with E-state index in [1.807, 2.05) is 0 Å². The van der Waals surface area contributed by atoms with Gasteiger partial charge in [0.1, 0.15) is 0 Å². The molecule has 0 amide bonds. The first kappa shape index (κ1) is 13.6. The molecule has 0 unspecified atom stereocenters. The van der Waals surface area contributed by atoms with Crippen molar-refractivity contribution in [1.82, 2.24) is 0 Å². The minimum Gasteiger partial charge on any atom is -0.345 e. The van der Waals surface area contributed by atoms with Crippen molar-refractivity contribution in [1.29, 1.82) is 0 Å². The molecule has 0 saturated heterocycles. The van der Waals surface area contributed by atoms with E-state index in [1.54, 1.807) is 0 Å². The number of benzene rings is 2. The lowest BCUT2D eigenvalue weighted by molar-refractivity contribution is 0.921. The molecule has 0 bridgehead atoms. The van der Waals surface area contributed by atoms with Crippen LogP contribution in [0.3, 0.4) is 0 Å². The fourth-order valence-corrected chi connectivity index (χ4v) is 2.22. The summed E-state index contributed by atoms with van der Waals surface area (Å²) in [7, 11) is 2.09. The van der Waals surface area contributed by atoms with Crippen LogP contribution in [-0.4, -0.2) is 7.05 Å². The Labute approximate surface area is 115 Å². The number of hydrogen-bond acceptors (Lipinski definition) is 2. The zero-order valence-corrected chi connectivity index (χ0v) is 11.8. The second-order valence-corrected chi connectivity index (χ2v) is 4.85. The third-order valence-electron chi connectivity index (χ3n) is 3.40. The van der Waals surface area contributed by atoms with Crippen molar-refractivity contribution >= 4 is 11.4 Å². The van der Waals surface area contributed by atoms with Gasteiger partial charge in [-0.3, -0.25) is 0 Å². The average molecular weight is 254 g/mol. The summed E-state index contributed by atoms with van der Waals surface area (Å²) in [4.78, 5) is 2.19. The lowest BCUT2D eigenvalue weighted by atomic mass is 10.1. The second-order valence-electron chi connectivity index (χ2n) is 4.85. The van der Waals surface area contributed by atoms with Gasteiger partial charge in [-0.15, -0.1) is 0 Å². The molecular weight excluding hydrogens is 232 g/mol. The molecule has 2 rings (SSSR count). The van der Waals surface area contributed by atoms with E-state index in [-0.39, 0.29) is 0 Å². The van der Waals surface area contributed by atoms with Gasteiger partial charge in [-0.2, -0.15) is 0 Å². The van der Waals surface area contributed by atoms with Crippen LogP contribution in [0.4, 0.5) is 11.4 Å². The van der Waals surface area contributed by atoms with E-state index < -0.39 is 0 Å². The standard InChI is InChI=1S/C17H22N2/c1-3-5-14-8-10-16(11-9-14)19(2)17-7-4-6-15(12-17)13-18/h4,6-12H,3,5,13,18H2,1-2H3. The summed E-state index contributed by atoms with van der Waals surface area (Å²) in [6.07, 6.45) is 2.33. The van der Waals surface area contributed by atoms with Gasteiger partial charge in [-0.1, -0.05) is 37.6 Å². The molecule has 2 aromatic carbocycles. The number of nitrogens with zero attached hydrogens (tertiary/aromatic N) is 1. The third kappa shape index (κ3) is 3.36. The fraction of sp³-hybridized carbons (Fsp3) is 0.294. The summed E-state index contributed by atoms with van der Waals surface area (Å²) in [5.74, 6) is 0. The molecule has 0 heterocycles. The van der Waals surface area contributed by atoms with E-state index in [1.165, 1.54) is 23.4 Å². The zero-order valence-electron chi connectivity index (χ0n) is 11.8. The summed E-state index contributed by atoms with van der Waals surface area (Å²) in [5, 5.41) is 0. The first-order valence-corrected chi connectivity index (χ1v) is 6.86. The van der Waals surface area contributed by atoms with Gasteiger partial charge in [0.15, 0.2) is 0 Å². The van der Waals surface area contributed by atoms with Crippen molar-refractivity contribution in [3.63, 3.8) is 0 Å². The Balaban J connectivity index is 2.20. The second kappa shape index (κ2) is 6.39. The number of aryl methyl sites for hydroxylation is 1. The number of anilines is 2. The molecule has 100 valence electrons. The van der Waals surface area contributed by atoms with Crippen molar-refractivity contribution in [2.75, 3.05) is 11.9 Å². The van der Waals surface area contributed by atoms with Crippen LogP contribution in [-0.2, 0) is 13.0 Å². The summed E-state index contributed by atoms with van der Waals surface area (Å²) in [5.41, 5.74) is 10.6. The molecule has 0 aromatic heterocycles. The smallest absolute Gasteiger partial charge is 0.0411 e. The molecule has 0 aliphatic rings. The quantitative estimate of drug-likeness (QED) is 0.877. The average Bonchev–Trinajstić information content (AvgIpc) is 2.48. The van der Waals surface area contributed by atoms with Gasteiger partial charge in [0.2, 0.25) is 0 Å².